The van der Waals surface area contributed by atoms with E-state index in [1.165, 1.54) is 66.9 Å². The minimum Gasteiger partial charge on any atom is -0.385 e. The van der Waals surface area contributed by atoms with Crippen LogP contribution in [0.15, 0.2) is 36.4 Å². The lowest BCUT2D eigenvalue weighted by Gasteiger charge is -2.25. The molecule has 1 nitrogen and oxygen atoms in total. The van der Waals surface area contributed by atoms with Gasteiger partial charge in [-0.3, -0.25) is 0 Å². The summed E-state index contributed by atoms with van der Waals surface area (Å²) in [5.74, 6) is 0.520. The molecular weight excluding hydrogens is 374 g/mol. The fraction of sp³-hybridized carbons (Fsp3) is 0.400. The number of hydrogen-bond acceptors (Lipinski definition) is 1. The zero-order valence-corrected chi connectivity index (χ0v) is 21.0. The van der Waals surface area contributed by atoms with E-state index in [9.17, 15) is 0 Å². The van der Waals surface area contributed by atoms with Crippen LogP contribution in [-0.4, -0.2) is 6.54 Å². The van der Waals surface area contributed by atoms with Crippen molar-refractivity contribution < 1.29 is 0 Å². The van der Waals surface area contributed by atoms with Crippen molar-refractivity contribution in [2.45, 2.75) is 74.7 Å². The highest BCUT2D eigenvalue weighted by molar-refractivity contribution is 5.91. The van der Waals surface area contributed by atoms with Crippen molar-refractivity contribution in [3.05, 3.63) is 75.3 Å². The summed E-state index contributed by atoms with van der Waals surface area (Å²) in [7, 11) is 0. The van der Waals surface area contributed by atoms with Crippen molar-refractivity contribution in [2.24, 2.45) is 0 Å². The first kappa shape index (κ1) is 23.1. The van der Waals surface area contributed by atoms with Crippen LogP contribution in [0.5, 0.6) is 0 Å². The Balaban J connectivity index is 2.41. The second-order valence-electron chi connectivity index (χ2n) is 9.26. The molecule has 1 heteroatoms. The third-order valence-electron chi connectivity index (χ3n) is 6.82. The summed E-state index contributed by atoms with van der Waals surface area (Å²) in [5.41, 5.74) is 16.4. The van der Waals surface area contributed by atoms with Gasteiger partial charge in [-0.2, -0.15) is 0 Å². The molecule has 0 fully saturated rings. The van der Waals surface area contributed by atoms with Crippen LogP contribution in [0.1, 0.15) is 72.6 Å². The Morgan fingerprint density at radius 2 is 1.32 bits per heavy atom. The molecule has 0 radical (unpaired) electrons. The second-order valence-corrected chi connectivity index (χ2v) is 9.26. The van der Waals surface area contributed by atoms with Gasteiger partial charge in [0.05, 0.1) is 0 Å². The molecule has 3 aromatic rings. The Morgan fingerprint density at radius 3 is 1.87 bits per heavy atom. The molecule has 0 saturated carbocycles. The molecule has 0 aliphatic rings. The standard InChI is InChI=1S/C30H39N/c1-10-26-22(8)30(31-11-2)29(24-14-12-19(5)21(7)16-24)23(9)28(26)25-15-13-20(6)27(17-25)18(3)4/h12-18,31H,10-11H2,1-9H3. The number of benzene rings is 3. The number of nitrogens with one attached hydrogen (secondary N) is 1. The quantitative estimate of drug-likeness (QED) is 0.426. The van der Waals surface area contributed by atoms with Crippen molar-refractivity contribution in [1.82, 2.24) is 0 Å². The van der Waals surface area contributed by atoms with E-state index in [1.54, 1.807) is 0 Å². The topological polar surface area (TPSA) is 12.0 Å². The average Bonchev–Trinajstić information content (AvgIpc) is 2.73. The number of aryl methyl sites for hydroxylation is 3. The van der Waals surface area contributed by atoms with Gasteiger partial charge in [-0.25, -0.2) is 0 Å². The van der Waals surface area contributed by atoms with Crippen LogP contribution < -0.4 is 5.32 Å². The third kappa shape index (κ3) is 4.28. The van der Waals surface area contributed by atoms with Crippen molar-refractivity contribution in [3.63, 3.8) is 0 Å². The van der Waals surface area contributed by atoms with E-state index in [0.717, 1.165) is 13.0 Å². The van der Waals surface area contributed by atoms with Gasteiger partial charge in [0.25, 0.3) is 0 Å². The van der Waals surface area contributed by atoms with Gasteiger partial charge in [-0.1, -0.05) is 57.2 Å². The molecule has 0 aliphatic carbocycles. The van der Waals surface area contributed by atoms with Crippen LogP contribution >= 0.6 is 0 Å². The van der Waals surface area contributed by atoms with Crippen LogP contribution in [-0.2, 0) is 6.42 Å². The molecule has 0 aliphatic heterocycles. The van der Waals surface area contributed by atoms with E-state index in [4.69, 9.17) is 0 Å². The van der Waals surface area contributed by atoms with Gasteiger partial charge in [0.2, 0.25) is 0 Å². The molecule has 0 bridgehead atoms. The first-order valence-electron chi connectivity index (χ1n) is 11.8. The number of anilines is 1. The second kappa shape index (κ2) is 9.30. The maximum absolute atomic E-state index is 3.71. The highest BCUT2D eigenvalue weighted by Gasteiger charge is 2.21. The van der Waals surface area contributed by atoms with Gasteiger partial charge < -0.3 is 5.32 Å². The highest BCUT2D eigenvalue weighted by atomic mass is 14.9. The van der Waals surface area contributed by atoms with Crippen LogP contribution in [0.25, 0.3) is 22.3 Å². The van der Waals surface area contributed by atoms with E-state index in [1.807, 2.05) is 0 Å². The van der Waals surface area contributed by atoms with Gasteiger partial charge in [0.1, 0.15) is 0 Å². The summed E-state index contributed by atoms with van der Waals surface area (Å²) < 4.78 is 0. The Morgan fingerprint density at radius 1 is 0.710 bits per heavy atom. The summed E-state index contributed by atoms with van der Waals surface area (Å²) in [6, 6.07) is 13.9. The van der Waals surface area contributed by atoms with Gasteiger partial charge in [-0.15, -0.1) is 0 Å². The van der Waals surface area contributed by atoms with Crippen molar-refractivity contribution in [3.8, 4) is 22.3 Å². The molecule has 0 unspecified atom stereocenters. The van der Waals surface area contributed by atoms with Crippen molar-refractivity contribution >= 4 is 5.69 Å². The number of rotatable bonds is 6. The van der Waals surface area contributed by atoms with Gasteiger partial charge in [0, 0.05) is 17.8 Å². The summed E-state index contributed by atoms with van der Waals surface area (Å²) in [4.78, 5) is 0. The smallest absolute Gasteiger partial charge is 0.0455 e. The lowest BCUT2D eigenvalue weighted by molar-refractivity contribution is 0.857. The van der Waals surface area contributed by atoms with Crippen LogP contribution in [0, 0.1) is 34.6 Å². The molecule has 0 heterocycles. The van der Waals surface area contributed by atoms with E-state index in [0.29, 0.717) is 5.92 Å². The summed E-state index contributed by atoms with van der Waals surface area (Å²) in [5, 5.41) is 3.71. The van der Waals surface area contributed by atoms with E-state index in [-0.39, 0.29) is 0 Å². The van der Waals surface area contributed by atoms with E-state index in [2.05, 4.69) is 104 Å². The summed E-state index contributed by atoms with van der Waals surface area (Å²) in [6.45, 7) is 21.2. The van der Waals surface area contributed by atoms with Crippen LogP contribution in [0.4, 0.5) is 5.69 Å². The molecule has 31 heavy (non-hydrogen) atoms. The molecule has 0 saturated heterocycles. The summed E-state index contributed by atoms with van der Waals surface area (Å²) >= 11 is 0. The van der Waals surface area contributed by atoms with Crippen molar-refractivity contribution in [2.75, 3.05) is 11.9 Å². The first-order chi connectivity index (χ1) is 14.7. The predicted molar refractivity (Wildman–Crippen MR) is 139 cm³/mol. The predicted octanol–water partition coefficient (Wildman–Crippen LogP) is 8.68. The van der Waals surface area contributed by atoms with E-state index >= 15 is 0 Å². The van der Waals surface area contributed by atoms with Gasteiger partial charge >= 0.3 is 0 Å². The Hall–Kier alpha value is -2.54. The number of hydrogen-bond donors (Lipinski definition) is 1. The Bertz CT molecular complexity index is 1100. The molecule has 3 rings (SSSR count). The molecule has 3 aromatic carbocycles. The molecular formula is C30H39N. The van der Waals surface area contributed by atoms with Crippen LogP contribution in [0.3, 0.4) is 0 Å². The zero-order chi connectivity index (χ0) is 22.9. The minimum absolute atomic E-state index is 0.520. The molecule has 164 valence electrons. The normalized spacial score (nSPS) is 11.3. The van der Waals surface area contributed by atoms with Crippen LogP contribution in [0.2, 0.25) is 0 Å². The minimum atomic E-state index is 0.520. The van der Waals surface area contributed by atoms with Gasteiger partial charge in [0.15, 0.2) is 0 Å². The molecule has 0 amide bonds. The molecule has 0 spiro atoms. The molecule has 0 aromatic heterocycles. The van der Waals surface area contributed by atoms with Crippen molar-refractivity contribution in [1.29, 1.82) is 0 Å². The first-order valence-corrected chi connectivity index (χ1v) is 11.8. The third-order valence-corrected chi connectivity index (χ3v) is 6.82. The highest BCUT2D eigenvalue weighted by Crippen LogP contribution is 2.44. The monoisotopic (exact) mass is 413 g/mol. The SMILES string of the molecule is CCNc1c(C)c(CC)c(-c2ccc(C)c(C(C)C)c2)c(C)c1-c1ccc(C)c(C)c1. The average molecular weight is 414 g/mol. The fourth-order valence-electron chi connectivity index (χ4n) is 4.97. The lowest BCUT2D eigenvalue weighted by atomic mass is 9.82. The maximum Gasteiger partial charge on any atom is 0.0455 e. The Labute approximate surface area is 189 Å². The lowest BCUT2D eigenvalue weighted by Crippen LogP contribution is -2.08. The molecule has 1 N–H and O–H groups in total. The fourth-order valence-corrected chi connectivity index (χ4v) is 4.97. The summed E-state index contributed by atoms with van der Waals surface area (Å²) in [6.07, 6.45) is 1.03. The maximum atomic E-state index is 3.71. The molecule has 0 atom stereocenters. The van der Waals surface area contributed by atoms with Gasteiger partial charge in [-0.05, 0) is 110 Å². The van der Waals surface area contributed by atoms with E-state index < -0.39 is 0 Å². The largest absolute Gasteiger partial charge is 0.385 e. The Kier molecular flexibility index (Phi) is 6.94. The zero-order valence-electron chi connectivity index (χ0n) is 21.0.